The quantitative estimate of drug-likeness (QED) is 0.742. The lowest BCUT2D eigenvalue weighted by Gasteiger charge is -2.36. The van der Waals surface area contributed by atoms with Gasteiger partial charge in [0.2, 0.25) is 11.6 Å². The molecular weight excluding hydrogens is 365 g/mol. The molecule has 0 radical (unpaired) electrons. The minimum absolute atomic E-state index is 0.0205. The van der Waals surface area contributed by atoms with Gasteiger partial charge in [-0.15, -0.1) is 5.01 Å². The lowest BCUT2D eigenvalue weighted by molar-refractivity contribution is -0.848. The number of anilines is 3. The molecule has 10 heteroatoms. The molecule has 2 aliphatic rings. The van der Waals surface area contributed by atoms with Crippen molar-refractivity contribution >= 4 is 23.0 Å². The topological polar surface area (TPSA) is 74.5 Å². The molecule has 0 saturated carbocycles. The number of carbonyl (C=O) groups is 1. The van der Waals surface area contributed by atoms with Gasteiger partial charge in [0.25, 0.3) is 0 Å². The summed E-state index contributed by atoms with van der Waals surface area (Å²) in [5, 5.41) is 24.3. The maximum Gasteiger partial charge on any atom is 0.416 e. The number of carbonyl (C=O) groups excluding carboxylic acids is 1. The first-order chi connectivity index (χ1) is 12.7. The van der Waals surface area contributed by atoms with Crippen molar-refractivity contribution in [2.24, 2.45) is 0 Å². The van der Waals surface area contributed by atoms with E-state index < -0.39 is 28.8 Å². The van der Waals surface area contributed by atoms with E-state index in [4.69, 9.17) is 0 Å². The zero-order chi connectivity index (χ0) is 19.5. The van der Waals surface area contributed by atoms with Crippen molar-refractivity contribution in [3.8, 4) is 0 Å². The van der Waals surface area contributed by atoms with Gasteiger partial charge in [0.1, 0.15) is 11.4 Å². The van der Waals surface area contributed by atoms with Crippen molar-refractivity contribution in [2.75, 3.05) is 22.0 Å². The molecule has 1 saturated heterocycles. The minimum Gasteiger partial charge on any atom is -0.581 e. The highest BCUT2D eigenvalue weighted by Crippen LogP contribution is 2.39. The van der Waals surface area contributed by atoms with Crippen LogP contribution >= 0.6 is 0 Å². The van der Waals surface area contributed by atoms with E-state index in [-0.39, 0.29) is 11.4 Å². The largest absolute Gasteiger partial charge is 0.581 e. The number of fused-ring (bicyclic) bond motifs is 3. The van der Waals surface area contributed by atoms with Crippen LogP contribution in [0.3, 0.4) is 0 Å². The highest BCUT2D eigenvalue weighted by atomic mass is 19.4. The predicted octanol–water partition coefficient (Wildman–Crippen LogP) is 1.95. The Morgan fingerprint density at radius 2 is 1.59 bits per heavy atom. The van der Waals surface area contributed by atoms with Crippen molar-refractivity contribution in [3.05, 3.63) is 70.9 Å². The van der Waals surface area contributed by atoms with Gasteiger partial charge in [0, 0.05) is 7.05 Å². The van der Waals surface area contributed by atoms with Crippen molar-refractivity contribution in [3.63, 3.8) is 0 Å². The Hall–Kier alpha value is -3.24. The molecule has 1 atom stereocenters. The van der Waals surface area contributed by atoms with E-state index in [9.17, 15) is 28.3 Å². The SMILES string of the molecule is CN1C(O)=C2C(=O)N(c3ccc(C(F)(F)F)cc3)[NH+]([O-])N2c2ccccc21. The molecule has 1 amide bonds. The number of aliphatic hydroxyl groups excluding tert-OH is 1. The van der Waals surface area contributed by atoms with Crippen LogP contribution in [-0.4, -0.2) is 18.1 Å². The second-order valence-corrected chi connectivity index (χ2v) is 6.02. The van der Waals surface area contributed by atoms with Crippen LogP contribution in [0.2, 0.25) is 0 Å². The lowest BCUT2D eigenvalue weighted by Crippen LogP contribution is -3.18. The van der Waals surface area contributed by atoms with E-state index in [1.165, 1.54) is 11.9 Å². The molecule has 1 fully saturated rings. The fourth-order valence-electron chi connectivity index (χ4n) is 3.14. The molecule has 140 valence electrons. The number of amides is 1. The third-order valence-corrected chi connectivity index (χ3v) is 4.48. The van der Waals surface area contributed by atoms with Gasteiger partial charge in [-0.3, -0.25) is 4.79 Å². The average molecular weight is 378 g/mol. The van der Waals surface area contributed by atoms with Crippen molar-refractivity contribution in [1.82, 2.24) is 0 Å². The first-order valence-electron chi connectivity index (χ1n) is 7.83. The van der Waals surface area contributed by atoms with Crippen LogP contribution in [0.4, 0.5) is 30.2 Å². The van der Waals surface area contributed by atoms with Crippen LogP contribution in [0.1, 0.15) is 5.56 Å². The summed E-state index contributed by atoms with van der Waals surface area (Å²) in [4.78, 5) is 14.2. The molecule has 1 unspecified atom stereocenters. The van der Waals surface area contributed by atoms with Gasteiger partial charge >= 0.3 is 12.1 Å². The van der Waals surface area contributed by atoms with E-state index >= 15 is 0 Å². The number of hydrogen-bond donors (Lipinski definition) is 2. The second kappa shape index (κ2) is 5.63. The molecule has 2 aromatic rings. The number of halogens is 3. The maximum absolute atomic E-state index is 12.9. The molecule has 7 nitrogen and oxygen atoms in total. The summed E-state index contributed by atoms with van der Waals surface area (Å²) in [6.07, 6.45) is -4.53. The van der Waals surface area contributed by atoms with Crippen molar-refractivity contribution < 1.29 is 28.4 Å². The Labute approximate surface area is 151 Å². The number of nitrogens with zero attached hydrogens (tertiary/aromatic N) is 3. The maximum atomic E-state index is 12.9. The van der Waals surface area contributed by atoms with Crippen molar-refractivity contribution in [1.29, 1.82) is 0 Å². The van der Waals surface area contributed by atoms with Crippen LogP contribution in [0.5, 0.6) is 0 Å². The molecule has 27 heavy (non-hydrogen) atoms. The normalized spacial score (nSPS) is 19.5. The number of nitrogens with one attached hydrogen (secondary N) is 1. The Morgan fingerprint density at radius 3 is 2.19 bits per heavy atom. The molecule has 2 N–H and O–H groups in total. The summed E-state index contributed by atoms with van der Waals surface area (Å²) in [7, 11) is 1.54. The van der Waals surface area contributed by atoms with Crippen molar-refractivity contribution in [2.45, 2.75) is 6.18 Å². The van der Waals surface area contributed by atoms with E-state index in [1.807, 2.05) is 0 Å². The van der Waals surface area contributed by atoms with Crippen LogP contribution in [0.15, 0.2) is 60.1 Å². The standard InChI is InChI=1S/C17H13F3N4O3/c1-21-12-4-2-3-5-13(12)23-14(15(21)25)16(26)22(24(23)27)11-8-6-10(7-9-11)17(18,19)20/h2-9,24-25H,1H3. The third kappa shape index (κ3) is 2.41. The summed E-state index contributed by atoms with van der Waals surface area (Å²) in [6, 6.07) is 10.3. The highest BCUT2D eigenvalue weighted by Gasteiger charge is 2.49. The summed E-state index contributed by atoms with van der Waals surface area (Å²) in [5.41, 5.74) is -0.265. The van der Waals surface area contributed by atoms with E-state index in [0.29, 0.717) is 11.4 Å². The second-order valence-electron chi connectivity index (χ2n) is 6.02. The number of para-hydroxylation sites is 2. The van der Waals surface area contributed by atoms with Crippen LogP contribution < -0.4 is 20.2 Å². The van der Waals surface area contributed by atoms with E-state index in [0.717, 1.165) is 34.3 Å². The molecule has 0 aliphatic carbocycles. The zero-order valence-electron chi connectivity index (χ0n) is 13.9. The van der Waals surface area contributed by atoms with Gasteiger partial charge in [-0.2, -0.15) is 23.5 Å². The molecule has 0 aromatic heterocycles. The summed E-state index contributed by atoms with van der Waals surface area (Å²) in [6.45, 7) is 0. The fraction of sp³-hybridized carbons (Fsp3) is 0.118. The molecule has 0 bridgehead atoms. The predicted molar refractivity (Wildman–Crippen MR) is 90.2 cm³/mol. The monoisotopic (exact) mass is 378 g/mol. The molecule has 2 heterocycles. The smallest absolute Gasteiger partial charge is 0.416 e. The Bertz CT molecular complexity index is 959. The number of aliphatic hydroxyl groups is 1. The van der Waals surface area contributed by atoms with Crippen LogP contribution in [-0.2, 0) is 11.0 Å². The van der Waals surface area contributed by atoms with Gasteiger partial charge in [-0.1, -0.05) is 12.1 Å². The molecular formula is C17H13F3N4O3. The van der Waals surface area contributed by atoms with Crippen LogP contribution in [0, 0.1) is 5.21 Å². The van der Waals surface area contributed by atoms with Gasteiger partial charge in [0.15, 0.2) is 0 Å². The van der Waals surface area contributed by atoms with Gasteiger partial charge in [0.05, 0.1) is 11.3 Å². The number of quaternary nitrogens is 1. The Morgan fingerprint density at radius 1 is 1.00 bits per heavy atom. The number of hydrogen-bond acceptors (Lipinski definition) is 5. The average Bonchev–Trinajstić information content (AvgIpc) is 2.90. The fourth-order valence-corrected chi connectivity index (χ4v) is 3.14. The minimum atomic E-state index is -4.53. The first-order valence-corrected chi connectivity index (χ1v) is 7.83. The van der Waals surface area contributed by atoms with E-state index in [2.05, 4.69) is 0 Å². The van der Waals surface area contributed by atoms with Gasteiger partial charge in [-0.05, 0) is 36.4 Å². The Kier molecular flexibility index (Phi) is 3.58. The zero-order valence-corrected chi connectivity index (χ0v) is 13.9. The molecule has 2 aromatic carbocycles. The molecule has 4 rings (SSSR count). The molecule has 2 aliphatic heterocycles. The summed E-state index contributed by atoms with van der Waals surface area (Å²) >= 11 is 0. The highest BCUT2D eigenvalue weighted by molar-refractivity contribution is 6.10. The number of rotatable bonds is 1. The summed E-state index contributed by atoms with van der Waals surface area (Å²) in [5.74, 6) is -1.24. The van der Waals surface area contributed by atoms with E-state index in [1.54, 1.807) is 24.3 Å². The number of benzene rings is 2. The van der Waals surface area contributed by atoms with Crippen LogP contribution in [0.25, 0.3) is 0 Å². The molecule has 0 spiro atoms. The summed E-state index contributed by atoms with van der Waals surface area (Å²) < 4.78 is 38.2. The third-order valence-electron chi connectivity index (χ3n) is 4.48. The lowest BCUT2D eigenvalue weighted by atomic mass is 10.1. The number of alkyl halides is 3. The van der Waals surface area contributed by atoms with Gasteiger partial charge < -0.3 is 15.2 Å². The van der Waals surface area contributed by atoms with Gasteiger partial charge in [-0.25, -0.2) is 0 Å². The first kappa shape index (κ1) is 17.2. The Balaban J connectivity index is 1.80.